The van der Waals surface area contributed by atoms with E-state index in [-0.39, 0.29) is 11.3 Å². The fourth-order valence-corrected chi connectivity index (χ4v) is 4.48. The fraction of sp³-hybridized carbons (Fsp3) is 0.290. The summed E-state index contributed by atoms with van der Waals surface area (Å²) in [5, 5.41) is 11.3. The summed E-state index contributed by atoms with van der Waals surface area (Å²) in [5.74, 6) is -0.500. The lowest BCUT2D eigenvalue weighted by Gasteiger charge is -2.25. The number of anilines is 1. The molecule has 1 aliphatic heterocycles. The van der Waals surface area contributed by atoms with Gasteiger partial charge >= 0.3 is 0 Å². The van der Waals surface area contributed by atoms with Gasteiger partial charge in [0, 0.05) is 11.3 Å². The first kappa shape index (κ1) is 25.2. The Morgan fingerprint density at radius 2 is 1.58 bits per heavy atom. The van der Waals surface area contributed by atoms with Gasteiger partial charge in [-0.25, -0.2) is 0 Å². The maximum Gasteiger partial charge on any atom is 0.300 e. The van der Waals surface area contributed by atoms with Gasteiger partial charge in [-0.15, -0.1) is 0 Å². The third kappa shape index (κ3) is 5.20. The van der Waals surface area contributed by atoms with E-state index in [4.69, 9.17) is 4.74 Å². The minimum Gasteiger partial charge on any atom is -0.507 e. The Kier molecular flexibility index (Phi) is 7.89. The van der Waals surface area contributed by atoms with E-state index in [9.17, 15) is 14.7 Å². The number of hydrogen-bond acceptors (Lipinski definition) is 4. The van der Waals surface area contributed by atoms with Crippen molar-refractivity contribution in [1.82, 2.24) is 0 Å². The summed E-state index contributed by atoms with van der Waals surface area (Å²) in [5.41, 5.74) is 3.05. The van der Waals surface area contributed by atoms with Crippen molar-refractivity contribution in [1.29, 1.82) is 0 Å². The first-order chi connectivity index (χ1) is 17.4. The number of nitrogens with zero attached hydrogens (tertiary/aromatic N) is 1. The number of ether oxygens (including phenoxy) is 1. The number of carbonyl (C=O) groups excluding carboxylic acids is 2. The van der Waals surface area contributed by atoms with Crippen LogP contribution in [0.5, 0.6) is 5.75 Å². The number of hydrogen-bond donors (Lipinski definition) is 1. The molecule has 0 saturated carbocycles. The van der Waals surface area contributed by atoms with Crippen LogP contribution in [0.4, 0.5) is 5.69 Å². The van der Waals surface area contributed by atoms with Gasteiger partial charge < -0.3 is 9.84 Å². The van der Waals surface area contributed by atoms with Crippen LogP contribution in [0.3, 0.4) is 0 Å². The van der Waals surface area contributed by atoms with Gasteiger partial charge in [-0.05, 0) is 59.9 Å². The van der Waals surface area contributed by atoms with Crippen molar-refractivity contribution in [3.63, 3.8) is 0 Å². The quantitative estimate of drug-likeness (QED) is 0.154. The Hall–Kier alpha value is -3.86. The Morgan fingerprint density at radius 1 is 0.917 bits per heavy atom. The average Bonchev–Trinajstić information content (AvgIpc) is 3.17. The van der Waals surface area contributed by atoms with Crippen molar-refractivity contribution in [2.24, 2.45) is 0 Å². The van der Waals surface area contributed by atoms with Crippen LogP contribution in [0.25, 0.3) is 5.76 Å². The Balaban J connectivity index is 1.73. The minimum absolute atomic E-state index is 0.0794. The third-order valence-electron chi connectivity index (χ3n) is 6.54. The summed E-state index contributed by atoms with van der Waals surface area (Å²) in [6.45, 7) is 6.98. The van der Waals surface area contributed by atoms with E-state index in [0.29, 0.717) is 29.5 Å². The van der Waals surface area contributed by atoms with Crippen LogP contribution in [0.1, 0.15) is 68.7 Å². The van der Waals surface area contributed by atoms with Crippen molar-refractivity contribution in [3.8, 4) is 5.75 Å². The summed E-state index contributed by atoms with van der Waals surface area (Å²) < 4.78 is 5.77. The molecule has 3 aromatic rings. The molecule has 1 atom stereocenters. The molecule has 1 unspecified atom stereocenters. The molecule has 1 fully saturated rings. The summed E-state index contributed by atoms with van der Waals surface area (Å²) in [6, 6.07) is 23.3. The van der Waals surface area contributed by atoms with Crippen molar-refractivity contribution < 1.29 is 19.4 Å². The van der Waals surface area contributed by atoms with Crippen molar-refractivity contribution in [2.75, 3.05) is 11.5 Å². The summed E-state index contributed by atoms with van der Waals surface area (Å²) in [6.07, 6.45) is 3.22. The smallest absolute Gasteiger partial charge is 0.300 e. The number of rotatable bonds is 9. The minimum atomic E-state index is -0.735. The van der Waals surface area contributed by atoms with Crippen molar-refractivity contribution in [2.45, 2.75) is 52.0 Å². The molecule has 36 heavy (non-hydrogen) atoms. The van der Waals surface area contributed by atoms with Gasteiger partial charge in [0.15, 0.2) is 0 Å². The van der Waals surface area contributed by atoms with E-state index in [1.165, 1.54) is 4.90 Å². The molecule has 4 rings (SSSR count). The fourth-order valence-electron chi connectivity index (χ4n) is 4.48. The molecular formula is C31H33NO4. The molecule has 0 aliphatic carbocycles. The van der Waals surface area contributed by atoms with Gasteiger partial charge in [0.05, 0.1) is 18.2 Å². The molecule has 1 N–H and O–H groups in total. The van der Waals surface area contributed by atoms with E-state index in [1.54, 1.807) is 24.3 Å². The van der Waals surface area contributed by atoms with Crippen LogP contribution in [0.15, 0.2) is 84.4 Å². The zero-order valence-corrected chi connectivity index (χ0v) is 21.1. The predicted molar refractivity (Wildman–Crippen MR) is 143 cm³/mol. The van der Waals surface area contributed by atoms with Gasteiger partial charge in [0.2, 0.25) is 0 Å². The summed E-state index contributed by atoms with van der Waals surface area (Å²) in [4.78, 5) is 28.1. The molecule has 3 aromatic carbocycles. The Labute approximate surface area is 213 Å². The van der Waals surface area contributed by atoms with E-state index >= 15 is 0 Å². The Morgan fingerprint density at radius 3 is 2.19 bits per heavy atom. The lowest BCUT2D eigenvalue weighted by atomic mass is 9.95. The van der Waals surface area contributed by atoms with Crippen LogP contribution in [0.2, 0.25) is 0 Å². The van der Waals surface area contributed by atoms with Crippen LogP contribution in [-0.2, 0) is 9.59 Å². The molecule has 0 radical (unpaired) electrons. The van der Waals surface area contributed by atoms with Crippen molar-refractivity contribution >= 4 is 23.1 Å². The SMILES string of the molecule is CCCCCOc1ccc(/C(O)=C2\C(=O)C(=O)N(c3ccc(C(C)C)cc3)C2c2ccccc2)cc1. The maximum atomic E-state index is 13.3. The highest BCUT2D eigenvalue weighted by Gasteiger charge is 2.46. The lowest BCUT2D eigenvalue weighted by molar-refractivity contribution is -0.132. The maximum absolute atomic E-state index is 13.3. The second-order valence-corrected chi connectivity index (χ2v) is 9.41. The number of aliphatic hydroxyl groups excluding tert-OH is 1. The van der Waals surface area contributed by atoms with Gasteiger partial charge in [-0.1, -0.05) is 76.1 Å². The zero-order valence-electron chi connectivity index (χ0n) is 21.1. The monoisotopic (exact) mass is 483 g/mol. The molecule has 1 saturated heterocycles. The van der Waals surface area contributed by atoms with Gasteiger partial charge in [0.1, 0.15) is 11.5 Å². The number of benzene rings is 3. The molecule has 0 spiro atoms. The summed E-state index contributed by atoms with van der Waals surface area (Å²) >= 11 is 0. The number of unbranched alkanes of at least 4 members (excludes halogenated alkanes) is 2. The highest BCUT2D eigenvalue weighted by molar-refractivity contribution is 6.51. The number of ketones is 1. The molecule has 5 nitrogen and oxygen atoms in total. The molecule has 1 aliphatic rings. The Bertz CT molecular complexity index is 1230. The number of aliphatic hydroxyl groups is 1. The predicted octanol–water partition coefficient (Wildman–Crippen LogP) is 7.01. The molecular weight excluding hydrogens is 450 g/mol. The van der Waals surface area contributed by atoms with Gasteiger partial charge in [-0.3, -0.25) is 14.5 Å². The second kappa shape index (κ2) is 11.3. The lowest BCUT2D eigenvalue weighted by Crippen LogP contribution is -2.29. The number of carbonyl (C=O) groups is 2. The van der Waals surface area contributed by atoms with E-state index in [2.05, 4.69) is 20.8 Å². The van der Waals surface area contributed by atoms with Crippen LogP contribution in [0, 0.1) is 0 Å². The largest absolute Gasteiger partial charge is 0.507 e. The first-order valence-electron chi connectivity index (χ1n) is 12.6. The van der Waals surface area contributed by atoms with E-state index in [0.717, 1.165) is 30.4 Å². The van der Waals surface area contributed by atoms with Gasteiger partial charge in [0.25, 0.3) is 11.7 Å². The molecule has 0 bridgehead atoms. The first-order valence-corrected chi connectivity index (χ1v) is 12.6. The average molecular weight is 484 g/mol. The van der Waals surface area contributed by atoms with Crippen LogP contribution >= 0.6 is 0 Å². The van der Waals surface area contributed by atoms with Gasteiger partial charge in [-0.2, -0.15) is 0 Å². The molecule has 5 heteroatoms. The normalized spacial score (nSPS) is 17.1. The van der Waals surface area contributed by atoms with Crippen molar-refractivity contribution in [3.05, 3.63) is 101 Å². The topological polar surface area (TPSA) is 66.8 Å². The molecule has 0 aromatic heterocycles. The van der Waals surface area contributed by atoms with Crippen LogP contribution < -0.4 is 9.64 Å². The number of amides is 1. The molecule has 1 heterocycles. The van der Waals surface area contributed by atoms with E-state index in [1.807, 2.05) is 54.6 Å². The highest BCUT2D eigenvalue weighted by atomic mass is 16.5. The molecule has 1 amide bonds. The summed E-state index contributed by atoms with van der Waals surface area (Å²) in [7, 11) is 0. The standard InChI is InChI=1S/C31H33NO4/c1-4-5-9-20-36-26-18-14-24(15-19-26)29(33)27-28(23-10-7-6-8-11-23)32(31(35)30(27)34)25-16-12-22(13-17-25)21(2)3/h6-8,10-19,21,28,33H,4-5,9,20H2,1-3H3/b29-27+. The third-order valence-corrected chi connectivity index (χ3v) is 6.54. The second-order valence-electron chi connectivity index (χ2n) is 9.41. The van der Waals surface area contributed by atoms with Crippen LogP contribution in [-0.4, -0.2) is 23.4 Å². The highest BCUT2D eigenvalue weighted by Crippen LogP contribution is 2.42. The number of Topliss-reactive ketones (excluding diaryl/α,β-unsaturated/α-hetero) is 1. The van der Waals surface area contributed by atoms with E-state index < -0.39 is 17.7 Å². The zero-order chi connectivity index (χ0) is 25.7. The molecule has 186 valence electrons.